The molecule has 0 spiro atoms. The van der Waals surface area contributed by atoms with Gasteiger partial charge in [-0.15, -0.1) is 0 Å². The van der Waals surface area contributed by atoms with Crippen molar-refractivity contribution in [1.82, 2.24) is 5.32 Å². The largest absolute Gasteiger partial charge is 0.483 e. The number of halogens is 2. The van der Waals surface area contributed by atoms with Crippen LogP contribution in [-0.4, -0.2) is 42.3 Å². The molecule has 2 rings (SSSR count). The molecule has 1 fully saturated rings. The lowest BCUT2D eigenvalue weighted by Gasteiger charge is -2.23. The second-order valence-corrected chi connectivity index (χ2v) is 6.37. The van der Waals surface area contributed by atoms with Crippen LogP contribution in [-0.2, 0) is 14.3 Å². The maximum atomic E-state index is 11.9. The summed E-state index contributed by atoms with van der Waals surface area (Å²) in [6, 6.07) is 5.27. The van der Waals surface area contributed by atoms with Gasteiger partial charge in [-0.2, -0.15) is 0 Å². The van der Waals surface area contributed by atoms with E-state index in [1.165, 1.54) is 0 Å². The van der Waals surface area contributed by atoms with Crippen molar-refractivity contribution < 1.29 is 24.2 Å². The van der Waals surface area contributed by atoms with E-state index < -0.39 is 17.4 Å². The standard InChI is InChI=1S/C13H13Br2NO5/c14-8-1-2-10(9(15)5-8)21-6-11(17)16-13(12(18)19)3-4-20-7-13/h1-2,5H,3-4,6-7H2,(H,16,17)(H,18,19). The van der Waals surface area contributed by atoms with Crippen molar-refractivity contribution in [3.05, 3.63) is 27.1 Å². The van der Waals surface area contributed by atoms with Gasteiger partial charge < -0.3 is 19.9 Å². The number of aliphatic carboxylic acids is 1. The average molecular weight is 423 g/mol. The first-order chi connectivity index (χ1) is 9.93. The molecule has 1 unspecified atom stereocenters. The van der Waals surface area contributed by atoms with Gasteiger partial charge >= 0.3 is 5.97 Å². The third-order valence-corrected chi connectivity index (χ3v) is 4.18. The molecule has 1 heterocycles. The molecule has 8 heteroatoms. The van der Waals surface area contributed by atoms with Crippen LogP contribution in [0.15, 0.2) is 27.1 Å². The zero-order valence-electron chi connectivity index (χ0n) is 10.9. The Kier molecular flexibility index (Phi) is 5.23. The van der Waals surface area contributed by atoms with Crippen molar-refractivity contribution in [3.8, 4) is 5.75 Å². The Bertz CT molecular complexity index is 557. The lowest BCUT2D eigenvalue weighted by atomic mass is 9.99. The number of benzene rings is 1. The normalized spacial score (nSPS) is 21.0. The van der Waals surface area contributed by atoms with Gasteiger partial charge in [-0.25, -0.2) is 4.79 Å². The molecular formula is C13H13Br2NO5. The van der Waals surface area contributed by atoms with Crippen LogP contribution in [0.25, 0.3) is 0 Å². The van der Waals surface area contributed by atoms with Crippen LogP contribution in [0.4, 0.5) is 0 Å². The number of carboxylic acids is 1. The van der Waals surface area contributed by atoms with Crippen molar-refractivity contribution in [2.45, 2.75) is 12.0 Å². The molecule has 1 amide bonds. The SMILES string of the molecule is O=C(COc1ccc(Br)cc1Br)NC1(C(=O)O)CCOC1. The molecule has 0 bridgehead atoms. The van der Waals surface area contributed by atoms with E-state index in [4.69, 9.17) is 9.47 Å². The molecular weight excluding hydrogens is 410 g/mol. The molecule has 2 N–H and O–H groups in total. The highest BCUT2D eigenvalue weighted by Gasteiger charge is 2.43. The zero-order valence-corrected chi connectivity index (χ0v) is 14.1. The molecule has 0 saturated carbocycles. The third kappa shape index (κ3) is 3.96. The van der Waals surface area contributed by atoms with Gasteiger partial charge in [-0.1, -0.05) is 15.9 Å². The summed E-state index contributed by atoms with van der Waals surface area (Å²) < 4.78 is 12.0. The monoisotopic (exact) mass is 421 g/mol. The minimum atomic E-state index is -1.35. The van der Waals surface area contributed by atoms with E-state index in [1.807, 2.05) is 0 Å². The zero-order chi connectivity index (χ0) is 15.5. The summed E-state index contributed by atoms with van der Waals surface area (Å²) in [6.07, 6.45) is 0.246. The first-order valence-corrected chi connectivity index (χ1v) is 7.71. The number of ether oxygens (including phenoxy) is 2. The average Bonchev–Trinajstić information content (AvgIpc) is 2.87. The number of nitrogens with one attached hydrogen (secondary N) is 1. The molecule has 6 nitrogen and oxygen atoms in total. The van der Waals surface area contributed by atoms with Gasteiger partial charge in [0, 0.05) is 17.5 Å². The lowest BCUT2D eigenvalue weighted by Crippen LogP contribution is -2.56. The fourth-order valence-corrected chi connectivity index (χ4v) is 3.09. The van der Waals surface area contributed by atoms with E-state index in [-0.39, 0.29) is 19.6 Å². The number of carbonyl (C=O) groups excluding carboxylic acids is 1. The molecule has 0 radical (unpaired) electrons. The molecule has 114 valence electrons. The number of hydrogen-bond acceptors (Lipinski definition) is 4. The van der Waals surface area contributed by atoms with Gasteiger partial charge in [0.2, 0.25) is 0 Å². The molecule has 1 saturated heterocycles. The van der Waals surface area contributed by atoms with Crippen molar-refractivity contribution in [1.29, 1.82) is 0 Å². The Morgan fingerprint density at radius 1 is 1.43 bits per heavy atom. The van der Waals surface area contributed by atoms with E-state index in [2.05, 4.69) is 37.2 Å². The Balaban J connectivity index is 1.94. The molecule has 21 heavy (non-hydrogen) atoms. The number of carbonyl (C=O) groups is 2. The molecule has 1 aliphatic rings. The third-order valence-electron chi connectivity index (χ3n) is 3.06. The summed E-state index contributed by atoms with van der Waals surface area (Å²) in [5.74, 6) is -1.10. The van der Waals surface area contributed by atoms with Crippen molar-refractivity contribution >= 4 is 43.7 Å². The molecule has 0 aromatic heterocycles. The van der Waals surface area contributed by atoms with Crippen LogP contribution in [0, 0.1) is 0 Å². The van der Waals surface area contributed by atoms with Crippen molar-refractivity contribution in [2.75, 3.05) is 19.8 Å². The highest BCUT2D eigenvalue weighted by Crippen LogP contribution is 2.28. The van der Waals surface area contributed by atoms with Crippen LogP contribution in [0.2, 0.25) is 0 Å². The summed E-state index contributed by atoms with van der Waals surface area (Å²) in [5, 5.41) is 11.7. The van der Waals surface area contributed by atoms with Gasteiger partial charge in [0.25, 0.3) is 5.91 Å². The van der Waals surface area contributed by atoms with Gasteiger partial charge in [-0.3, -0.25) is 4.79 Å². The second-order valence-electron chi connectivity index (χ2n) is 4.60. The van der Waals surface area contributed by atoms with E-state index in [0.29, 0.717) is 16.8 Å². The topological polar surface area (TPSA) is 84.9 Å². The first-order valence-electron chi connectivity index (χ1n) is 6.13. The summed E-state index contributed by atoms with van der Waals surface area (Å²) in [6.45, 7) is 0.0109. The highest BCUT2D eigenvalue weighted by molar-refractivity contribution is 9.11. The maximum absolute atomic E-state index is 11.9. The van der Waals surface area contributed by atoms with Crippen molar-refractivity contribution in [2.24, 2.45) is 0 Å². The minimum absolute atomic E-state index is 0.0317. The molecule has 1 aromatic carbocycles. The second kappa shape index (κ2) is 6.76. The van der Waals surface area contributed by atoms with E-state index in [9.17, 15) is 14.7 Å². The van der Waals surface area contributed by atoms with Crippen LogP contribution >= 0.6 is 31.9 Å². The number of rotatable bonds is 5. The fraction of sp³-hybridized carbons (Fsp3) is 0.385. The van der Waals surface area contributed by atoms with Crippen LogP contribution in [0.1, 0.15) is 6.42 Å². The number of amides is 1. The molecule has 1 atom stereocenters. The molecule has 1 aromatic rings. The predicted octanol–water partition coefficient (Wildman–Crippen LogP) is 1.95. The van der Waals surface area contributed by atoms with Crippen molar-refractivity contribution in [3.63, 3.8) is 0 Å². The first kappa shape index (κ1) is 16.3. The summed E-state index contributed by atoms with van der Waals surface area (Å²) >= 11 is 6.63. The maximum Gasteiger partial charge on any atom is 0.331 e. The Labute approximate surface area is 138 Å². The van der Waals surface area contributed by atoms with Crippen LogP contribution in [0.3, 0.4) is 0 Å². The molecule has 1 aliphatic heterocycles. The van der Waals surface area contributed by atoms with E-state index in [1.54, 1.807) is 18.2 Å². The summed E-state index contributed by atoms with van der Waals surface area (Å²) in [4.78, 5) is 23.2. The summed E-state index contributed by atoms with van der Waals surface area (Å²) in [5.41, 5.74) is -1.35. The Morgan fingerprint density at radius 3 is 2.76 bits per heavy atom. The predicted molar refractivity (Wildman–Crippen MR) is 81.3 cm³/mol. The quantitative estimate of drug-likeness (QED) is 0.757. The number of carboxylic acid groups (broad SMARTS) is 1. The molecule has 0 aliphatic carbocycles. The highest BCUT2D eigenvalue weighted by atomic mass is 79.9. The number of hydrogen-bond donors (Lipinski definition) is 2. The Hall–Kier alpha value is -1.12. The van der Waals surface area contributed by atoms with E-state index >= 15 is 0 Å². The van der Waals surface area contributed by atoms with Crippen LogP contribution < -0.4 is 10.1 Å². The minimum Gasteiger partial charge on any atom is -0.483 e. The lowest BCUT2D eigenvalue weighted by molar-refractivity contribution is -0.148. The summed E-state index contributed by atoms with van der Waals surface area (Å²) in [7, 11) is 0. The van der Waals surface area contributed by atoms with Gasteiger partial charge in [-0.05, 0) is 34.1 Å². The fourth-order valence-electron chi connectivity index (χ4n) is 1.92. The van der Waals surface area contributed by atoms with Gasteiger partial charge in [0.05, 0.1) is 11.1 Å². The van der Waals surface area contributed by atoms with Gasteiger partial charge in [0.1, 0.15) is 5.75 Å². The smallest absolute Gasteiger partial charge is 0.331 e. The van der Waals surface area contributed by atoms with Gasteiger partial charge in [0.15, 0.2) is 12.1 Å². The Morgan fingerprint density at radius 2 is 2.19 bits per heavy atom. The van der Waals surface area contributed by atoms with Crippen LogP contribution in [0.5, 0.6) is 5.75 Å². The van der Waals surface area contributed by atoms with E-state index in [0.717, 1.165) is 4.47 Å².